The van der Waals surface area contributed by atoms with E-state index >= 15 is 13.2 Å². The van der Waals surface area contributed by atoms with Gasteiger partial charge in [0.05, 0.1) is 16.6 Å². The number of para-hydroxylation sites is 3. The van der Waals surface area contributed by atoms with Crippen LogP contribution in [-0.2, 0) is 6.18 Å². The molecule has 6 nitrogen and oxygen atoms in total. The molecule has 0 fully saturated rings. The van der Waals surface area contributed by atoms with Gasteiger partial charge in [-0.15, -0.1) is 0 Å². The Balaban J connectivity index is 0.887. The van der Waals surface area contributed by atoms with Crippen molar-refractivity contribution in [2.45, 2.75) is 6.18 Å². The highest BCUT2D eigenvalue weighted by Crippen LogP contribution is 2.50. The van der Waals surface area contributed by atoms with Crippen LogP contribution in [0.15, 0.2) is 340 Å². The van der Waals surface area contributed by atoms with E-state index in [4.69, 9.17) is 15.0 Å². The largest absolute Gasteiger partial charge is 0.416 e. The van der Waals surface area contributed by atoms with Crippen LogP contribution in [0.5, 0.6) is 0 Å². The van der Waals surface area contributed by atoms with Crippen LogP contribution in [0.4, 0.5) is 47.3 Å². The first-order chi connectivity index (χ1) is 48.2. The fraction of sp³-hybridized carbons (Fsp3) is 0.0114. The summed E-state index contributed by atoms with van der Waals surface area (Å²) >= 11 is 0. The molecule has 4 heterocycles. The first-order valence-electron chi connectivity index (χ1n) is 32.8. The van der Waals surface area contributed by atoms with Gasteiger partial charge < -0.3 is 14.4 Å². The number of nitrogens with zero attached hydrogens (tertiary/aromatic N) is 6. The second-order valence-electron chi connectivity index (χ2n) is 25.0. The van der Waals surface area contributed by atoms with Crippen molar-refractivity contribution in [1.29, 1.82) is 0 Å². The van der Waals surface area contributed by atoms with Crippen LogP contribution in [0.25, 0.3) is 117 Å². The van der Waals surface area contributed by atoms with Gasteiger partial charge in [0.25, 0.3) is 6.71 Å². The van der Waals surface area contributed by atoms with Crippen molar-refractivity contribution in [3.05, 3.63) is 345 Å². The molecule has 2 aromatic heterocycles. The fourth-order valence-electron chi connectivity index (χ4n) is 14.7. The van der Waals surface area contributed by atoms with Crippen LogP contribution in [0, 0.1) is 0 Å². The zero-order valence-corrected chi connectivity index (χ0v) is 52.7. The average molecular weight is 1270 g/mol. The van der Waals surface area contributed by atoms with Crippen LogP contribution in [0.3, 0.4) is 0 Å². The predicted octanol–water partition coefficient (Wildman–Crippen LogP) is 21.4. The number of aromatic nitrogens is 4. The number of fused-ring (bicyclic) bond motifs is 7. The smallest absolute Gasteiger partial charge is 0.311 e. The van der Waals surface area contributed by atoms with Crippen molar-refractivity contribution < 1.29 is 13.2 Å². The Morgan fingerprint density at radius 2 is 0.622 bits per heavy atom. The van der Waals surface area contributed by atoms with Gasteiger partial charge in [-0.3, -0.25) is 0 Å². The lowest BCUT2D eigenvalue weighted by atomic mass is 9.33. The molecule has 0 saturated heterocycles. The normalized spacial score (nSPS) is 12.4. The van der Waals surface area contributed by atoms with Crippen LogP contribution < -0.4 is 26.2 Å². The van der Waals surface area contributed by atoms with Crippen LogP contribution in [-0.4, -0.2) is 26.2 Å². The molecular formula is C88H56BF3N6. The maximum Gasteiger partial charge on any atom is 0.416 e. The van der Waals surface area contributed by atoms with E-state index in [1.807, 2.05) is 83.4 Å². The molecule has 18 rings (SSSR count). The minimum absolute atomic E-state index is 0.117. The van der Waals surface area contributed by atoms with Crippen molar-refractivity contribution >= 4 is 79.0 Å². The monoisotopic (exact) mass is 1260 g/mol. The lowest BCUT2D eigenvalue weighted by Crippen LogP contribution is -2.61. The number of alkyl halides is 3. The van der Waals surface area contributed by atoms with Gasteiger partial charge in [0.1, 0.15) is 0 Å². The van der Waals surface area contributed by atoms with Gasteiger partial charge in [0.2, 0.25) is 0 Å². The third-order valence-corrected chi connectivity index (χ3v) is 19.1. The van der Waals surface area contributed by atoms with E-state index in [0.717, 1.165) is 123 Å². The van der Waals surface area contributed by atoms with E-state index in [2.05, 4.69) is 252 Å². The minimum atomic E-state index is -4.72. The van der Waals surface area contributed by atoms with E-state index < -0.39 is 11.7 Å². The molecule has 16 aromatic rings. The number of hydrogen-bond donors (Lipinski definition) is 0. The molecule has 10 heteroatoms. The molecule has 462 valence electrons. The maximum absolute atomic E-state index is 15.6. The standard InChI is InChI=1S/C88H56BF3N6/c90-88(91,92)70-47-69(87-94-85(61-33-15-5-16-34-61)93-86(95-87)62-35-17-6-18-36-62)52-73(56-70)96-78-40-22-19-37-74(78)75-53-63(43-44-79(75)96)68-54-82-84-83(55-68)98(72-50-66(59-29-11-3-12-30-59)46-67(51-72)60-31-13-4-14-32-60)81-42-24-21-39-77(81)89(84)76-38-20-23-41-80(76)97(82)71-48-64(57-25-7-1-8-26-57)45-65(49-71)58-27-9-2-10-28-58/h1-56H. The Morgan fingerprint density at radius 3 is 1.07 bits per heavy atom. The summed E-state index contributed by atoms with van der Waals surface area (Å²) in [5, 5.41) is 1.75. The number of rotatable bonds is 11. The molecule has 0 atom stereocenters. The van der Waals surface area contributed by atoms with Gasteiger partial charge in [0.15, 0.2) is 17.5 Å². The Bertz CT molecular complexity index is 5380. The number of halogens is 3. The summed E-state index contributed by atoms with van der Waals surface area (Å²) in [6.45, 7) is -0.170. The van der Waals surface area contributed by atoms with Gasteiger partial charge in [-0.1, -0.05) is 243 Å². The Morgan fingerprint density at radius 1 is 0.255 bits per heavy atom. The predicted molar refractivity (Wildman–Crippen MR) is 397 cm³/mol. The highest BCUT2D eigenvalue weighted by molar-refractivity contribution is 7.00. The van der Waals surface area contributed by atoms with Gasteiger partial charge in [0, 0.05) is 67.3 Å². The zero-order chi connectivity index (χ0) is 65.4. The number of benzene rings is 14. The van der Waals surface area contributed by atoms with Crippen molar-refractivity contribution in [2.75, 3.05) is 9.80 Å². The van der Waals surface area contributed by atoms with Crippen molar-refractivity contribution in [1.82, 2.24) is 19.5 Å². The second kappa shape index (κ2) is 23.7. The average Bonchev–Trinajstić information content (AvgIpc) is 1.38. The zero-order valence-electron chi connectivity index (χ0n) is 52.7. The lowest BCUT2D eigenvalue weighted by molar-refractivity contribution is -0.137. The van der Waals surface area contributed by atoms with E-state index in [9.17, 15) is 0 Å². The molecule has 14 aromatic carbocycles. The van der Waals surface area contributed by atoms with Gasteiger partial charge >= 0.3 is 6.18 Å². The van der Waals surface area contributed by atoms with E-state index in [1.165, 1.54) is 17.0 Å². The van der Waals surface area contributed by atoms with Crippen molar-refractivity contribution in [2.24, 2.45) is 0 Å². The van der Waals surface area contributed by atoms with Gasteiger partial charge in [-0.05, 0) is 169 Å². The molecule has 2 aliphatic heterocycles. The molecule has 0 amide bonds. The van der Waals surface area contributed by atoms with Crippen LogP contribution >= 0.6 is 0 Å². The molecule has 0 saturated carbocycles. The molecule has 0 bridgehead atoms. The summed E-state index contributed by atoms with van der Waals surface area (Å²) in [4.78, 5) is 19.6. The molecule has 0 spiro atoms. The Hall–Kier alpha value is -12.7. The molecule has 0 aliphatic carbocycles. The van der Waals surface area contributed by atoms with Crippen molar-refractivity contribution in [3.63, 3.8) is 0 Å². The van der Waals surface area contributed by atoms with Crippen molar-refractivity contribution in [3.8, 4) is 95.5 Å². The summed E-state index contributed by atoms with van der Waals surface area (Å²) < 4.78 is 48.8. The topological polar surface area (TPSA) is 50.1 Å². The first kappa shape index (κ1) is 58.0. The molecule has 0 radical (unpaired) electrons. The quantitative estimate of drug-likeness (QED) is 0.121. The highest BCUT2D eigenvalue weighted by Gasteiger charge is 2.44. The Labute approximate surface area is 565 Å². The summed E-state index contributed by atoms with van der Waals surface area (Å²) in [6, 6.07) is 116. The minimum Gasteiger partial charge on any atom is -0.311 e. The van der Waals surface area contributed by atoms with Gasteiger partial charge in [-0.2, -0.15) is 13.2 Å². The summed E-state index contributed by atoms with van der Waals surface area (Å²) in [5.41, 5.74) is 22.9. The number of hydrogen-bond acceptors (Lipinski definition) is 5. The van der Waals surface area contributed by atoms with E-state index in [-0.39, 0.29) is 18.1 Å². The number of anilines is 6. The molecule has 0 unspecified atom stereocenters. The molecule has 0 N–H and O–H groups in total. The van der Waals surface area contributed by atoms with Crippen LogP contribution in [0.1, 0.15) is 5.56 Å². The molecule has 98 heavy (non-hydrogen) atoms. The summed E-state index contributed by atoms with van der Waals surface area (Å²) in [5.74, 6) is 0.811. The first-order valence-corrected chi connectivity index (χ1v) is 32.8. The molecular weight excluding hydrogens is 1210 g/mol. The Kier molecular flexibility index (Phi) is 14.0. The SMILES string of the molecule is FC(F)(F)c1cc(-c2nc(-c3ccccc3)nc(-c3ccccc3)n2)cc(-n2c3ccccc3c3cc(-c4cc5c6c(c4)N(c4cc(-c7ccccc7)cc(-c7ccccc7)c4)c4ccccc4B6c4ccccc4N5c4cc(-c5ccccc5)cc(-c5ccccc5)c4)ccc32)c1. The summed E-state index contributed by atoms with van der Waals surface area (Å²) in [7, 11) is 0. The van der Waals surface area contributed by atoms with E-state index in [1.54, 1.807) is 6.07 Å². The fourth-order valence-corrected chi connectivity index (χ4v) is 14.7. The highest BCUT2D eigenvalue weighted by atomic mass is 19.4. The second-order valence-corrected chi connectivity index (χ2v) is 25.0. The molecule has 2 aliphatic rings. The summed E-state index contributed by atoms with van der Waals surface area (Å²) in [6.07, 6.45) is -4.72. The lowest BCUT2D eigenvalue weighted by Gasteiger charge is -2.44. The third kappa shape index (κ3) is 10.2. The van der Waals surface area contributed by atoms with Gasteiger partial charge in [-0.25, -0.2) is 15.0 Å². The van der Waals surface area contributed by atoms with E-state index in [0.29, 0.717) is 28.5 Å². The van der Waals surface area contributed by atoms with Crippen LogP contribution in [0.2, 0.25) is 0 Å². The maximum atomic E-state index is 15.6. The third-order valence-electron chi connectivity index (χ3n) is 19.1.